The molecule has 0 saturated heterocycles. The Bertz CT molecular complexity index is 1510. The number of hydrogen-bond donors (Lipinski definition) is 0. The average Bonchev–Trinajstić information content (AvgIpc) is 3.30. The molecule has 0 aliphatic heterocycles. The van der Waals surface area contributed by atoms with Crippen molar-refractivity contribution in [1.82, 2.24) is 9.66 Å². The number of thiophene rings is 1. The maximum atomic E-state index is 13.1. The molecule has 0 spiro atoms. The molecule has 0 atom stereocenters. The lowest BCUT2D eigenvalue weighted by Gasteiger charge is -2.25. The summed E-state index contributed by atoms with van der Waals surface area (Å²) in [5.74, 6) is 0. The van der Waals surface area contributed by atoms with Crippen molar-refractivity contribution in [1.29, 1.82) is 0 Å². The summed E-state index contributed by atoms with van der Waals surface area (Å²) in [5, 5.41) is 5.20. The fourth-order valence-corrected chi connectivity index (χ4v) is 5.88. The first-order valence-corrected chi connectivity index (χ1v) is 12.7. The number of aromatic nitrogens is 2. The zero-order chi connectivity index (χ0) is 23.6. The molecule has 5 nitrogen and oxygen atoms in total. The summed E-state index contributed by atoms with van der Waals surface area (Å²) in [7, 11) is 0. The number of aryl methyl sites for hydroxylation is 2. The molecule has 2 heterocycles. The van der Waals surface area contributed by atoms with E-state index < -0.39 is 0 Å². The molecule has 1 aliphatic rings. The normalized spacial score (nSPS) is 13.3. The average molecular weight is 477 g/mol. The summed E-state index contributed by atoms with van der Waals surface area (Å²) in [5.41, 5.74) is 5.24. The number of rotatable bonds is 5. The van der Waals surface area contributed by atoms with E-state index in [-0.39, 0.29) is 5.56 Å². The second kappa shape index (κ2) is 9.31. The van der Waals surface area contributed by atoms with Crippen LogP contribution in [0.2, 0.25) is 0 Å². The molecule has 172 valence electrons. The molecule has 0 unspecified atom stereocenters. The Morgan fingerprint density at radius 3 is 2.14 bits per heavy atom. The lowest BCUT2D eigenvalue weighted by Crippen LogP contribution is -2.18. The highest BCUT2D eigenvalue weighted by Gasteiger charge is 2.19. The maximum Gasteiger partial charge on any atom is 0.282 e. The summed E-state index contributed by atoms with van der Waals surface area (Å²) in [6, 6.07) is 28.8. The number of hydrogen-bond acceptors (Lipinski definition) is 5. The van der Waals surface area contributed by atoms with E-state index in [1.54, 1.807) is 17.6 Å². The summed E-state index contributed by atoms with van der Waals surface area (Å²) in [6.07, 6.45) is 7.58. The van der Waals surface area contributed by atoms with Crippen molar-refractivity contribution in [3.8, 4) is 0 Å². The minimum atomic E-state index is -0.0819. The van der Waals surface area contributed by atoms with Gasteiger partial charge in [0.05, 0.1) is 11.6 Å². The fourth-order valence-electron chi connectivity index (χ4n) is 4.66. The summed E-state index contributed by atoms with van der Waals surface area (Å²) in [6.45, 7) is 0. The van der Waals surface area contributed by atoms with Gasteiger partial charge in [-0.2, -0.15) is 9.78 Å². The van der Waals surface area contributed by atoms with Crippen LogP contribution in [0.15, 0.2) is 101 Å². The number of anilines is 3. The molecular weight excluding hydrogens is 452 g/mol. The van der Waals surface area contributed by atoms with E-state index in [0.717, 1.165) is 52.1 Å². The van der Waals surface area contributed by atoms with Crippen LogP contribution < -0.4 is 10.5 Å². The largest absolute Gasteiger partial charge is 0.311 e. The second-order valence-corrected chi connectivity index (χ2v) is 9.71. The van der Waals surface area contributed by atoms with Gasteiger partial charge in [-0.3, -0.25) is 4.79 Å². The highest BCUT2D eigenvalue weighted by Crippen LogP contribution is 2.34. The van der Waals surface area contributed by atoms with Gasteiger partial charge >= 0.3 is 0 Å². The highest BCUT2D eigenvalue weighted by molar-refractivity contribution is 7.18. The Morgan fingerprint density at radius 2 is 1.46 bits per heavy atom. The lowest BCUT2D eigenvalue weighted by atomic mass is 9.97. The smallest absolute Gasteiger partial charge is 0.282 e. The minimum absolute atomic E-state index is 0.0819. The number of nitrogens with zero attached hydrogens (tertiary/aromatic N) is 4. The summed E-state index contributed by atoms with van der Waals surface area (Å²) in [4.78, 5) is 22.0. The third-order valence-electron chi connectivity index (χ3n) is 6.37. The molecule has 0 saturated carbocycles. The Hall–Kier alpha value is -4.03. The fraction of sp³-hybridized carbons (Fsp3) is 0.138. The molecular formula is C29H24N4OS. The van der Waals surface area contributed by atoms with Crippen molar-refractivity contribution in [2.24, 2.45) is 5.10 Å². The van der Waals surface area contributed by atoms with Crippen LogP contribution in [0.5, 0.6) is 0 Å². The first kappa shape index (κ1) is 21.5. The molecule has 0 amide bonds. The quantitative estimate of drug-likeness (QED) is 0.266. The van der Waals surface area contributed by atoms with Crippen molar-refractivity contribution in [2.75, 3.05) is 4.90 Å². The molecule has 3 aromatic carbocycles. The molecule has 35 heavy (non-hydrogen) atoms. The first-order chi connectivity index (χ1) is 17.3. The van der Waals surface area contributed by atoms with E-state index in [1.165, 1.54) is 27.9 Å². The minimum Gasteiger partial charge on any atom is -0.311 e. The zero-order valence-corrected chi connectivity index (χ0v) is 20.0. The van der Waals surface area contributed by atoms with E-state index in [4.69, 9.17) is 0 Å². The molecule has 0 radical (unpaired) electrons. The Morgan fingerprint density at radius 1 is 0.829 bits per heavy atom. The molecule has 6 heteroatoms. The molecule has 0 N–H and O–H groups in total. The monoisotopic (exact) mass is 476 g/mol. The van der Waals surface area contributed by atoms with Gasteiger partial charge in [-0.05, 0) is 73.2 Å². The lowest BCUT2D eigenvalue weighted by molar-refractivity contribution is 0.699. The van der Waals surface area contributed by atoms with Crippen LogP contribution >= 0.6 is 11.3 Å². The van der Waals surface area contributed by atoms with Crippen molar-refractivity contribution in [3.05, 3.63) is 118 Å². The van der Waals surface area contributed by atoms with E-state index >= 15 is 0 Å². The van der Waals surface area contributed by atoms with Crippen LogP contribution in [0.4, 0.5) is 17.1 Å². The Kier molecular flexibility index (Phi) is 5.72. The SMILES string of the molecule is O=c1c2c3c(sc2ncn1N=Cc1ccc(N(c2ccccc2)c2ccccc2)cc1)CCCC3. The van der Waals surface area contributed by atoms with Crippen LogP contribution in [0.25, 0.3) is 10.2 Å². The van der Waals surface area contributed by atoms with E-state index in [2.05, 4.69) is 51.4 Å². The van der Waals surface area contributed by atoms with Gasteiger partial charge in [-0.1, -0.05) is 48.5 Å². The number of fused-ring (bicyclic) bond motifs is 3. The van der Waals surface area contributed by atoms with Crippen LogP contribution in [-0.4, -0.2) is 15.9 Å². The van der Waals surface area contributed by atoms with E-state index in [0.29, 0.717) is 0 Å². The predicted octanol–water partition coefficient (Wildman–Crippen LogP) is 6.69. The van der Waals surface area contributed by atoms with Gasteiger partial charge < -0.3 is 4.90 Å². The van der Waals surface area contributed by atoms with Crippen molar-refractivity contribution >= 4 is 44.8 Å². The van der Waals surface area contributed by atoms with Gasteiger partial charge in [0.15, 0.2) is 0 Å². The highest BCUT2D eigenvalue weighted by atomic mass is 32.1. The molecule has 0 fully saturated rings. The van der Waals surface area contributed by atoms with Gasteiger partial charge in [0.1, 0.15) is 11.2 Å². The summed E-state index contributed by atoms with van der Waals surface area (Å²) < 4.78 is 1.36. The topological polar surface area (TPSA) is 50.5 Å². The van der Waals surface area contributed by atoms with Crippen molar-refractivity contribution in [3.63, 3.8) is 0 Å². The number of para-hydroxylation sites is 2. The van der Waals surface area contributed by atoms with Gasteiger partial charge in [0.2, 0.25) is 0 Å². The Labute approximate surface area is 207 Å². The molecule has 5 aromatic rings. The van der Waals surface area contributed by atoms with Crippen LogP contribution in [0, 0.1) is 0 Å². The molecule has 1 aliphatic carbocycles. The van der Waals surface area contributed by atoms with Crippen LogP contribution in [-0.2, 0) is 12.8 Å². The first-order valence-electron chi connectivity index (χ1n) is 11.8. The third-order valence-corrected chi connectivity index (χ3v) is 7.57. The predicted molar refractivity (Wildman–Crippen MR) is 145 cm³/mol. The van der Waals surface area contributed by atoms with E-state index in [1.807, 2.05) is 48.5 Å². The third kappa shape index (κ3) is 4.17. The van der Waals surface area contributed by atoms with Gasteiger partial charge in [-0.15, -0.1) is 11.3 Å². The molecule has 2 aromatic heterocycles. The maximum absolute atomic E-state index is 13.1. The van der Waals surface area contributed by atoms with E-state index in [9.17, 15) is 4.79 Å². The van der Waals surface area contributed by atoms with Gasteiger partial charge in [0.25, 0.3) is 5.56 Å². The Balaban J connectivity index is 1.31. The van der Waals surface area contributed by atoms with Crippen LogP contribution in [0.3, 0.4) is 0 Å². The second-order valence-electron chi connectivity index (χ2n) is 8.63. The molecule has 6 rings (SSSR count). The molecule has 0 bridgehead atoms. The van der Waals surface area contributed by atoms with Gasteiger partial charge in [-0.25, -0.2) is 4.98 Å². The van der Waals surface area contributed by atoms with Gasteiger partial charge in [0, 0.05) is 21.9 Å². The van der Waals surface area contributed by atoms with Crippen molar-refractivity contribution < 1.29 is 0 Å². The standard InChI is InChI=1S/C29H24N4OS/c34-29-27-25-13-7-8-14-26(25)35-28(27)30-20-32(29)31-19-21-15-17-24(18-16-21)33(22-9-3-1-4-10-22)23-11-5-2-6-12-23/h1-6,9-12,15-20H,7-8,13-14H2. The number of benzene rings is 3. The van der Waals surface area contributed by atoms with Crippen LogP contribution in [0.1, 0.15) is 28.8 Å². The van der Waals surface area contributed by atoms with Crippen molar-refractivity contribution in [2.45, 2.75) is 25.7 Å². The summed E-state index contributed by atoms with van der Waals surface area (Å²) >= 11 is 1.66. The zero-order valence-electron chi connectivity index (χ0n) is 19.2.